The van der Waals surface area contributed by atoms with Crippen LogP contribution in [-0.4, -0.2) is 16.1 Å². The van der Waals surface area contributed by atoms with Gasteiger partial charge in [0.1, 0.15) is 0 Å². The molecular weight excluding hydrogens is 276 g/mol. The fourth-order valence-corrected chi connectivity index (χ4v) is 1.96. The molecule has 0 saturated carbocycles. The maximum Gasteiger partial charge on any atom is 0.207 e. The lowest BCUT2D eigenvalue weighted by molar-refractivity contribution is 0.628. The van der Waals surface area contributed by atoms with Crippen molar-refractivity contribution in [2.24, 2.45) is 0 Å². The fourth-order valence-electron chi connectivity index (χ4n) is 1.49. The Kier molecular flexibility index (Phi) is 3.89. The number of halogens is 3. The van der Waals surface area contributed by atoms with Crippen LogP contribution in [0.2, 0.25) is 10.0 Å². The third-order valence-electron chi connectivity index (χ3n) is 2.29. The molecule has 3 nitrogen and oxygen atoms in total. The van der Waals surface area contributed by atoms with E-state index < -0.39 is 5.82 Å². The molecule has 0 spiro atoms. The number of nitrogens with one attached hydrogen (secondary N) is 1. The van der Waals surface area contributed by atoms with Gasteiger partial charge in [-0.3, -0.25) is 4.57 Å². The van der Waals surface area contributed by atoms with Crippen LogP contribution in [0, 0.1) is 5.82 Å². The van der Waals surface area contributed by atoms with Crippen molar-refractivity contribution >= 4 is 29.2 Å². The molecule has 0 fully saturated rings. The molecule has 0 unspecified atom stereocenters. The topological polar surface area (TPSA) is 29.9 Å². The molecule has 6 heteroatoms. The number of hydrogen-bond donors (Lipinski definition) is 1. The standard InChI is InChI=1S/C12H10Cl2FN3/c1-2-3-16-12-17-4-5-18(12)8-6-9(13)11(15)10(14)7-8/h2,4-7H,1,3H2,(H,16,17). The van der Waals surface area contributed by atoms with Crippen molar-refractivity contribution < 1.29 is 4.39 Å². The Balaban J connectivity index is 2.42. The summed E-state index contributed by atoms with van der Waals surface area (Å²) < 4.78 is 15.1. The Morgan fingerprint density at radius 3 is 2.67 bits per heavy atom. The summed E-state index contributed by atoms with van der Waals surface area (Å²) >= 11 is 11.5. The molecule has 0 radical (unpaired) electrons. The molecule has 2 aromatic rings. The van der Waals surface area contributed by atoms with Gasteiger partial charge in [0, 0.05) is 18.9 Å². The molecule has 1 N–H and O–H groups in total. The average Bonchev–Trinajstić information content (AvgIpc) is 2.81. The first-order valence-corrected chi connectivity index (χ1v) is 5.92. The molecule has 0 atom stereocenters. The quantitative estimate of drug-likeness (QED) is 0.682. The van der Waals surface area contributed by atoms with E-state index in [1.165, 1.54) is 12.1 Å². The van der Waals surface area contributed by atoms with Gasteiger partial charge in [0.25, 0.3) is 0 Å². The van der Waals surface area contributed by atoms with Crippen molar-refractivity contribution in [3.05, 3.63) is 53.0 Å². The summed E-state index contributed by atoms with van der Waals surface area (Å²) in [5, 5.41) is 2.99. The third-order valence-corrected chi connectivity index (χ3v) is 2.84. The lowest BCUT2D eigenvalue weighted by atomic mass is 10.3. The minimum Gasteiger partial charge on any atom is -0.352 e. The summed E-state index contributed by atoms with van der Waals surface area (Å²) in [7, 11) is 0. The van der Waals surface area contributed by atoms with Gasteiger partial charge in [-0.2, -0.15) is 0 Å². The van der Waals surface area contributed by atoms with E-state index in [1.54, 1.807) is 23.0 Å². The van der Waals surface area contributed by atoms with Crippen LogP contribution in [0.15, 0.2) is 37.2 Å². The van der Waals surface area contributed by atoms with E-state index in [4.69, 9.17) is 23.2 Å². The van der Waals surface area contributed by atoms with Gasteiger partial charge >= 0.3 is 0 Å². The van der Waals surface area contributed by atoms with E-state index in [0.717, 1.165) is 0 Å². The smallest absolute Gasteiger partial charge is 0.207 e. The van der Waals surface area contributed by atoms with E-state index in [9.17, 15) is 4.39 Å². The van der Waals surface area contributed by atoms with Crippen molar-refractivity contribution in [3.63, 3.8) is 0 Å². The van der Waals surface area contributed by atoms with Gasteiger partial charge < -0.3 is 5.32 Å². The van der Waals surface area contributed by atoms with E-state index in [2.05, 4.69) is 16.9 Å². The van der Waals surface area contributed by atoms with Crippen LogP contribution in [0.3, 0.4) is 0 Å². The molecule has 1 aromatic carbocycles. The molecule has 1 aromatic heterocycles. The van der Waals surface area contributed by atoms with Crippen molar-refractivity contribution in [1.29, 1.82) is 0 Å². The SMILES string of the molecule is C=CCNc1nccn1-c1cc(Cl)c(F)c(Cl)c1. The molecule has 0 amide bonds. The minimum atomic E-state index is -0.622. The number of rotatable bonds is 4. The molecule has 0 aliphatic carbocycles. The highest BCUT2D eigenvalue weighted by molar-refractivity contribution is 6.35. The molecule has 18 heavy (non-hydrogen) atoms. The van der Waals surface area contributed by atoms with Crippen LogP contribution >= 0.6 is 23.2 Å². The highest BCUT2D eigenvalue weighted by Gasteiger charge is 2.10. The number of benzene rings is 1. The second-order valence-electron chi connectivity index (χ2n) is 3.51. The monoisotopic (exact) mass is 285 g/mol. The Labute approximate surface area is 114 Å². The molecule has 1 heterocycles. The summed E-state index contributed by atoms with van der Waals surface area (Å²) in [6.07, 6.45) is 5.06. The van der Waals surface area contributed by atoms with Crippen LogP contribution in [0.1, 0.15) is 0 Å². The summed E-state index contributed by atoms with van der Waals surface area (Å²) in [5.41, 5.74) is 0.635. The van der Waals surface area contributed by atoms with Gasteiger partial charge in [0.05, 0.1) is 15.7 Å². The molecule has 94 valence electrons. The van der Waals surface area contributed by atoms with Crippen LogP contribution < -0.4 is 5.32 Å². The van der Waals surface area contributed by atoms with Crippen molar-refractivity contribution in [1.82, 2.24) is 9.55 Å². The molecule has 2 rings (SSSR count). The molecule has 0 aliphatic rings. The molecular formula is C12H10Cl2FN3. The Hall–Kier alpha value is -1.52. The fraction of sp³-hybridized carbons (Fsp3) is 0.0833. The van der Waals surface area contributed by atoms with E-state index in [-0.39, 0.29) is 10.0 Å². The van der Waals surface area contributed by atoms with E-state index in [0.29, 0.717) is 18.2 Å². The Bertz CT molecular complexity index is 557. The van der Waals surface area contributed by atoms with Crippen LogP contribution in [-0.2, 0) is 0 Å². The van der Waals surface area contributed by atoms with E-state index >= 15 is 0 Å². The van der Waals surface area contributed by atoms with E-state index in [1.807, 2.05) is 0 Å². The molecule has 0 saturated heterocycles. The first-order valence-electron chi connectivity index (χ1n) is 5.16. The highest BCUT2D eigenvalue weighted by atomic mass is 35.5. The van der Waals surface area contributed by atoms with Gasteiger partial charge in [-0.1, -0.05) is 29.3 Å². The zero-order valence-electron chi connectivity index (χ0n) is 9.33. The Morgan fingerprint density at radius 2 is 2.06 bits per heavy atom. The maximum absolute atomic E-state index is 13.3. The highest BCUT2D eigenvalue weighted by Crippen LogP contribution is 2.27. The zero-order chi connectivity index (χ0) is 13.1. The molecule has 0 bridgehead atoms. The summed E-state index contributed by atoms with van der Waals surface area (Å²) in [6, 6.07) is 2.98. The second-order valence-corrected chi connectivity index (χ2v) is 4.33. The normalized spacial score (nSPS) is 10.4. The van der Waals surface area contributed by atoms with Crippen LogP contribution in [0.5, 0.6) is 0 Å². The van der Waals surface area contributed by atoms with Crippen molar-refractivity contribution in [2.75, 3.05) is 11.9 Å². The third kappa shape index (κ3) is 2.49. The summed E-state index contributed by atoms with van der Waals surface area (Å²) in [5.74, 6) is -0.0172. The number of hydrogen-bond acceptors (Lipinski definition) is 2. The predicted molar refractivity (Wildman–Crippen MR) is 72.2 cm³/mol. The lowest BCUT2D eigenvalue weighted by Crippen LogP contribution is -2.05. The summed E-state index contributed by atoms with van der Waals surface area (Å²) in [4.78, 5) is 4.14. The first kappa shape index (κ1) is 12.9. The predicted octanol–water partition coefficient (Wildman–Crippen LogP) is 3.92. The number of anilines is 1. The van der Waals surface area contributed by atoms with Gasteiger partial charge in [-0.05, 0) is 12.1 Å². The van der Waals surface area contributed by atoms with Crippen molar-refractivity contribution in [3.8, 4) is 5.69 Å². The van der Waals surface area contributed by atoms with Gasteiger partial charge in [-0.25, -0.2) is 9.37 Å². The number of imidazole rings is 1. The number of aromatic nitrogens is 2. The maximum atomic E-state index is 13.3. The zero-order valence-corrected chi connectivity index (χ0v) is 10.8. The Morgan fingerprint density at radius 1 is 1.39 bits per heavy atom. The minimum absolute atomic E-state index is 0.0270. The van der Waals surface area contributed by atoms with Gasteiger partial charge in [0.2, 0.25) is 5.95 Å². The first-order chi connectivity index (χ1) is 8.63. The second kappa shape index (κ2) is 5.42. The van der Waals surface area contributed by atoms with Gasteiger partial charge in [0.15, 0.2) is 5.82 Å². The van der Waals surface area contributed by atoms with Crippen LogP contribution in [0.4, 0.5) is 10.3 Å². The lowest BCUT2D eigenvalue weighted by Gasteiger charge is -2.10. The average molecular weight is 286 g/mol. The largest absolute Gasteiger partial charge is 0.352 e. The molecule has 0 aliphatic heterocycles. The number of nitrogens with zero attached hydrogens (tertiary/aromatic N) is 2. The van der Waals surface area contributed by atoms with Crippen molar-refractivity contribution in [2.45, 2.75) is 0 Å². The summed E-state index contributed by atoms with van der Waals surface area (Å²) in [6.45, 7) is 4.18. The van der Waals surface area contributed by atoms with Gasteiger partial charge in [-0.15, -0.1) is 6.58 Å². The van der Waals surface area contributed by atoms with Crippen LogP contribution in [0.25, 0.3) is 5.69 Å².